The topological polar surface area (TPSA) is 104 Å². The van der Waals surface area contributed by atoms with Crippen LogP contribution in [0.3, 0.4) is 0 Å². The van der Waals surface area contributed by atoms with Crippen molar-refractivity contribution in [3.63, 3.8) is 0 Å². The Morgan fingerprint density at radius 3 is 1.74 bits per heavy atom. The Balaban J connectivity index is 1.41. The van der Waals surface area contributed by atoms with Gasteiger partial charge in [0, 0.05) is 6.54 Å². The van der Waals surface area contributed by atoms with Gasteiger partial charge in [0.1, 0.15) is 35.9 Å². The van der Waals surface area contributed by atoms with Gasteiger partial charge in [-0.05, 0) is 46.5 Å². The zero-order valence-electron chi connectivity index (χ0n) is 26.7. The number of carbonyl (C=O) groups excluding carboxylic acids is 2. The molecule has 0 unspecified atom stereocenters. The van der Waals surface area contributed by atoms with E-state index >= 15 is 0 Å². The van der Waals surface area contributed by atoms with Gasteiger partial charge < -0.3 is 33.7 Å². The quantitative estimate of drug-likeness (QED) is 0.159. The Bertz CT molecular complexity index is 1550. The monoisotopic (exact) mass is 639 g/mol. The van der Waals surface area contributed by atoms with E-state index in [0.29, 0.717) is 5.75 Å². The maximum absolute atomic E-state index is 13.4. The number of rotatable bonds is 17. The second-order valence-electron chi connectivity index (χ2n) is 11.4. The molecule has 4 atom stereocenters. The van der Waals surface area contributed by atoms with Crippen LogP contribution in [0, 0.1) is 0 Å². The van der Waals surface area contributed by atoms with E-state index < -0.39 is 24.4 Å². The second kappa shape index (κ2) is 16.9. The van der Waals surface area contributed by atoms with E-state index in [4.69, 9.17) is 23.7 Å². The molecule has 9 nitrogen and oxygen atoms in total. The molecule has 0 spiro atoms. The number of amides is 1. The summed E-state index contributed by atoms with van der Waals surface area (Å²) in [6.07, 6.45) is -3.51. The molecule has 1 saturated heterocycles. The minimum Gasteiger partial charge on any atom is -0.497 e. The average Bonchev–Trinajstić information content (AvgIpc) is 3.39. The first kappa shape index (κ1) is 33.8. The van der Waals surface area contributed by atoms with E-state index in [1.54, 1.807) is 26.4 Å². The zero-order valence-corrected chi connectivity index (χ0v) is 26.7. The van der Waals surface area contributed by atoms with Gasteiger partial charge in [-0.25, -0.2) is 0 Å². The molecule has 0 saturated carbocycles. The fraction of sp³-hybridized carbons (Fsp3) is 0.316. The molecule has 5 rings (SSSR count). The van der Waals surface area contributed by atoms with E-state index in [2.05, 4.69) is 0 Å². The number of nitrogens with zero attached hydrogens (tertiary/aromatic N) is 1. The Labute approximate surface area is 275 Å². The molecule has 1 aliphatic heterocycles. The third kappa shape index (κ3) is 9.27. The van der Waals surface area contributed by atoms with Gasteiger partial charge in [0.2, 0.25) is 5.91 Å². The highest BCUT2D eigenvalue weighted by Crippen LogP contribution is 2.28. The van der Waals surface area contributed by atoms with E-state index in [9.17, 15) is 14.7 Å². The van der Waals surface area contributed by atoms with Crippen molar-refractivity contribution in [2.24, 2.45) is 0 Å². The van der Waals surface area contributed by atoms with Crippen LogP contribution in [-0.2, 0) is 50.2 Å². The maximum Gasteiger partial charge on any atom is 0.231 e. The summed E-state index contributed by atoms with van der Waals surface area (Å²) in [5.74, 6) is 0.696. The van der Waals surface area contributed by atoms with Gasteiger partial charge in [-0.2, -0.15) is 0 Å². The predicted octanol–water partition coefficient (Wildman–Crippen LogP) is 5.12. The number of aliphatic hydroxyl groups is 1. The summed E-state index contributed by atoms with van der Waals surface area (Å²) < 4.78 is 29.5. The minimum absolute atomic E-state index is 0.0582. The van der Waals surface area contributed by atoms with Crippen LogP contribution in [0.15, 0.2) is 109 Å². The first-order valence-corrected chi connectivity index (χ1v) is 15.6. The van der Waals surface area contributed by atoms with Crippen LogP contribution in [0.25, 0.3) is 0 Å². The number of benzene rings is 4. The van der Waals surface area contributed by atoms with E-state index in [0.717, 1.165) is 28.0 Å². The number of ketones is 1. The summed E-state index contributed by atoms with van der Waals surface area (Å²) in [4.78, 5) is 28.0. The molecule has 0 bridgehead atoms. The average molecular weight is 640 g/mol. The van der Waals surface area contributed by atoms with Gasteiger partial charge in [0.05, 0.1) is 47.1 Å². The lowest BCUT2D eigenvalue weighted by atomic mass is 9.97. The van der Waals surface area contributed by atoms with Crippen LogP contribution in [0.5, 0.6) is 11.5 Å². The standard InChI is InChI=1S/C38H41NO8/c1-43-31-17-13-27(14-18-31)22-39-35(41)21-33(40)36(39)37(42)38(47-25-29-11-7-4-8-12-29)34(46-24-28-9-5-3-6-10-28)26-45-23-30-15-19-32(44-2)20-16-30/h3-20,34,36-38,42H,21-26H2,1-2H3/t34-,36+,37+,38+/m0/s1. The van der Waals surface area contributed by atoms with Crippen molar-refractivity contribution in [3.8, 4) is 11.5 Å². The van der Waals surface area contributed by atoms with Crippen molar-refractivity contribution in [1.29, 1.82) is 0 Å². The summed E-state index contributed by atoms with van der Waals surface area (Å²) in [5.41, 5.74) is 3.54. The molecule has 246 valence electrons. The van der Waals surface area contributed by atoms with Gasteiger partial charge in [0.15, 0.2) is 5.78 Å². The highest BCUT2D eigenvalue weighted by atomic mass is 16.6. The minimum atomic E-state index is -1.40. The van der Waals surface area contributed by atoms with Gasteiger partial charge >= 0.3 is 0 Å². The fourth-order valence-electron chi connectivity index (χ4n) is 5.58. The van der Waals surface area contributed by atoms with Gasteiger partial charge in [-0.3, -0.25) is 9.59 Å². The normalized spacial score (nSPS) is 16.6. The molecule has 1 aliphatic rings. The molecular weight excluding hydrogens is 598 g/mol. The third-order valence-electron chi connectivity index (χ3n) is 8.15. The van der Waals surface area contributed by atoms with Gasteiger partial charge in [-0.1, -0.05) is 84.9 Å². The Morgan fingerprint density at radius 2 is 1.19 bits per heavy atom. The first-order valence-electron chi connectivity index (χ1n) is 15.6. The number of methoxy groups -OCH3 is 2. The summed E-state index contributed by atoms with van der Waals surface area (Å²) in [6, 6.07) is 32.9. The number of aliphatic hydroxyl groups excluding tert-OH is 1. The van der Waals surface area contributed by atoms with Crippen LogP contribution in [0.4, 0.5) is 0 Å². The summed E-state index contributed by atoms with van der Waals surface area (Å²) in [5, 5.41) is 12.0. The van der Waals surface area contributed by atoms with Crippen molar-refractivity contribution in [2.45, 2.75) is 57.1 Å². The van der Waals surface area contributed by atoms with Crippen molar-refractivity contribution < 1.29 is 38.4 Å². The van der Waals surface area contributed by atoms with E-state index in [1.165, 1.54) is 4.90 Å². The first-order chi connectivity index (χ1) is 22.9. The summed E-state index contributed by atoms with van der Waals surface area (Å²) in [6.45, 7) is 0.858. The Morgan fingerprint density at radius 1 is 0.681 bits per heavy atom. The maximum atomic E-state index is 13.4. The fourth-order valence-corrected chi connectivity index (χ4v) is 5.58. The third-order valence-corrected chi connectivity index (χ3v) is 8.15. The largest absolute Gasteiger partial charge is 0.497 e. The number of ether oxygens (including phenoxy) is 5. The van der Waals surface area contributed by atoms with Crippen molar-refractivity contribution >= 4 is 11.7 Å². The van der Waals surface area contributed by atoms with Crippen LogP contribution >= 0.6 is 0 Å². The number of Topliss-reactive ketones (excluding diaryl/α,β-unsaturated/α-hetero) is 1. The smallest absolute Gasteiger partial charge is 0.231 e. The number of hydrogen-bond acceptors (Lipinski definition) is 8. The summed E-state index contributed by atoms with van der Waals surface area (Å²) >= 11 is 0. The number of likely N-dealkylation sites (tertiary alicyclic amines) is 1. The lowest BCUT2D eigenvalue weighted by Crippen LogP contribution is -2.54. The van der Waals surface area contributed by atoms with Crippen LogP contribution in [0.1, 0.15) is 28.7 Å². The van der Waals surface area contributed by atoms with Crippen molar-refractivity contribution in [2.75, 3.05) is 20.8 Å². The van der Waals surface area contributed by atoms with E-state index in [1.807, 2.05) is 97.1 Å². The number of carbonyl (C=O) groups is 2. The molecule has 47 heavy (non-hydrogen) atoms. The van der Waals surface area contributed by atoms with Crippen molar-refractivity contribution in [1.82, 2.24) is 4.90 Å². The van der Waals surface area contributed by atoms with Crippen LogP contribution < -0.4 is 9.47 Å². The highest BCUT2D eigenvalue weighted by Gasteiger charge is 2.47. The lowest BCUT2D eigenvalue weighted by Gasteiger charge is -2.36. The van der Waals surface area contributed by atoms with Crippen LogP contribution in [0.2, 0.25) is 0 Å². The molecule has 4 aromatic rings. The zero-order chi connectivity index (χ0) is 33.0. The predicted molar refractivity (Wildman–Crippen MR) is 176 cm³/mol. The molecule has 0 aromatic heterocycles. The number of hydrogen-bond donors (Lipinski definition) is 1. The summed E-state index contributed by atoms with van der Waals surface area (Å²) in [7, 11) is 3.19. The molecule has 1 N–H and O–H groups in total. The molecule has 1 fully saturated rings. The van der Waals surface area contributed by atoms with Crippen molar-refractivity contribution in [3.05, 3.63) is 131 Å². The van der Waals surface area contributed by atoms with Crippen LogP contribution in [-0.4, -0.2) is 66.9 Å². The molecule has 0 radical (unpaired) electrons. The Kier molecular flexibility index (Phi) is 12.1. The molecule has 9 heteroatoms. The molecular formula is C38H41NO8. The Hall–Kier alpha value is -4.54. The molecule has 0 aliphatic carbocycles. The van der Waals surface area contributed by atoms with Gasteiger partial charge in [0.25, 0.3) is 0 Å². The SMILES string of the molecule is COc1ccc(COC[C@H](OCc2ccccc2)[C@@H](OCc2ccccc2)[C@H](O)[C@H]2C(=O)CC(=O)N2Cc2ccc(OC)cc2)cc1. The second-order valence-corrected chi connectivity index (χ2v) is 11.4. The highest BCUT2D eigenvalue weighted by molar-refractivity contribution is 6.07. The molecule has 4 aromatic carbocycles. The molecule has 1 amide bonds. The molecule has 1 heterocycles. The lowest BCUT2D eigenvalue weighted by molar-refractivity contribution is -0.169. The van der Waals surface area contributed by atoms with E-state index in [-0.39, 0.29) is 51.1 Å². The van der Waals surface area contributed by atoms with Gasteiger partial charge in [-0.15, -0.1) is 0 Å².